The van der Waals surface area contributed by atoms with E-state index < -0.39 is 0 Å². The first kappa shape index (κ1) is 34.1. The summed E-state index contributed by atoms with van der Waals surface area (Å²) in [7, 11) is 0. The third kappa shape index (κ3) is 4.87. The zero-order chi connectivity index (χ0) is 40.4. The molecule has 3 aromatic heterocycles. The van der Waals surface area contributed by atoms with E-state index in [-0.39, 0.29) is 5.41 Å². The molecule has 0 saturated carbocycles. The fourth-order valence-corrected chi connectivity index (χ4v) is 10.4. The third-order valence-corrected chi connectivity index (χ3v) is 13.3. The Balaban J connectivity index is 1.01. The number of benzene rings is 9. The standard InChI is InChI=1S/C57H38N4/c1-57(2)47-20-10-6-16-40(47)41-29-26-38(34-48(41)57)55-43-18-7-11-21-49(43)58-56(59-55)61-51-23-13-9-19-44(51)54-45-32-36(25-24-35(45)27-31-53(54)61)37-28-30-52-46(33-37)42-17-8-12-22-50(42)60(52)39-14-4-3-5-15-39/h3-34H,1-2H3. The van der Waals surface area contributed by atoms with Gasteiger partial charge in [-0.15, -0.1) is 0 Å². The molecule has 1 aliphatic carbocycles. The zero-order valence-electron chi connectivity index (χ0n) is 33.8. The lowest BCUT2D eigenvalue weighted by molar-refractivity contribution is 0.660. The summed E-state index contributed by atoms with van der Waals surface area (Å²) in [5, 5.41) is 8.31. The Bertz CT molecular complexity index is 3790. The number of hydrogen-bond donors (Lipinski definition) is 0. The van der Waals surface area contributed by atoms with Crippen LogP contribution in [0.5, 0.6) is 0 Å². The van der Waals surface area contributed by atoms with Gasteiger partial charge in [0.15, 0.2) is 0 Å². The summed E-state index contributed by atoms with van der Waals surface area (Å²) < 4.78 is 4.64. The van der Waals surface area contributed by atoms with E-state index in [0.29, 0.717) is 5.95 Å². The SMILES string of the molecule is CC1(C)c2ccccc2-c2ccc(-c3nc(-n4c5ccccc5c5c6cc(-c7ccc8c(c7)c7ccccc7n8-c7ccccc7)ccc6ccc54)nc4ccccc34)cc21. The lowest BCUT2D eigenvalue weighted by Gasteiger charge is -2.22. The minimum Gasteiger partial charge on any atom is -0.309 e. The Hall–Kier alpha value is -7.82. The van der Waals surface area contributed by atoms with Crippen molar-refractivity contribution in [3.63, 3.8) is 0 Å². The summed E-state index contributed by atoms with van der Waals surface area (Å²) in [6.07, 6.45) is 0. The predicted molar refractivity (Wildman–Crippen MR) is 254 cm³/mol. The molecule has 0 spiro atoms. The summed E-state index contributed by atoms with van der Waals surface area (Å²) in [6, 6.07) is 70.5. The second kappa shape index (κ2) is 12.6. The number of rotatable bonds is 4. The molecule has 0 amide bonds. The maximum Gasteiger partial charge on any atom is 0.235 e. The van der Waals surface area contributed by atoms with Crippen LogP contribution in [0.4, 0.5) is 0 Å². The maximum absolute atomic E-state index is 5.51. The highest BCUT2D eigenvalue weighted by atomic mass is 15.2. The number of para-hydroxylation sites is 4. The van der Waals surface area contributed by atoms with Crippen molar-refractivity contribution in [3.8, 4) is 45.1 Å². The van der Waals surface area contributed by atoms with Crippen molar-refractivity contribution in [3.05, 3.63) is 205 Å². The summed E-state index contributed by atoms with van der Waals surface area (Å²) in [5.74, 6) is 0.665. The minimum absolute atomic E-state index is 0.118. The molecule has 1 aliphatic rings. The lowest BCUT2D eigenvalue weighted by atomic mass is 9.82. The van der Waals surface area contributed by atoms with Crippen molar-refractivity contribution in [2.45, 2.75) is 19.3 Å². The number of hydrogen-bond acceptors (Lipinski definition) is 2. The highest BCUT2D eigenvalue weighted by molar-refractivity contribution is 6.22. The van der Waals surface area contributed by atoms with Crippen molar-refractivity contribution in [1.82, 2.24) is 19.1 Å². The maximum atomic E-state index is 5.51. The highest BCUT2D eigenvalue weighted by Crippen LogP contribution is 2.50. The van der Waals surface area contributed by atoms with E-state index >= 15 is 0 Å². The average Bonchev–Trinajstić information content (AvgIpc) is 3.91. The van der Waals surface area contributed by atoms with Crippen LogP contribution in [-0.4, -0.2) is 19.1 Å². The molecule has 61 heavy (non-hydrogen) atoms. The fourth-order valence-electron chi connectivity index (χ4n) is 10.4. The molecule has 13 rings (SSSR count). The smallest absolute Gasteiger partial charge is 0.235 e. The van der Waals surface area contributed by atoms with Gasteiger partial charge in [-0.05, 0) is 105 Å². The van der Waals surface area contributed by atoms with E-state index in [1.807, 2.05) is 0 Å². The molecule has 4 heteroatoms. The van der Waals surface area contributed by atoms with Crippen LogP contribution in [-0.2, 0) is 5.41 Å². The number of aromatic nitrogens is 4. The molecule has 4 nitrogen and oxygen atoms in total. The molecule has 0 N–H and O–H groups in total. The van der Waals surface area contributed by atoms with Crippen molar-refractivity contribution in [2.24, 2.45) is 0 Å². The predicted octanol–water partition coefficient (Wildman–Crippen LogP) is 14.6. The van der Waals surface area contributed by atoms with Crippen LogP contribution in [0.3, 0.4) is 0 Å². The van der Waals surface area contributed by atoms with Crippen LogP contribution < -0.4 is 0 Å². The second-order valence-electron chi connectivity index (χ2n) is 17.0. The van der Waals surface area contributed by atoms with Gasteiger partial charge in [-0.3, -0.25) is 4.57 Å². The molecule has 12 aromatic rings. The second-order valence-corrected chi connectivity index (χ2v) is 17.0. The Morgan fingerprint density at radius 1 is 0.393 bits per heavy atom. The molecule has 0 bridgehead atoms. The van der Waals surface area contributed by atoms with Crippen LogP contribution in [0.15, 0.2) is 194 Å². The van der Waals surface area contributed by atoms with Crippen molar-refractivity contribution >= 4 is 65.3 Å². The van der Waals surface area contributed by atoms with E-state index in [9.17, 15) is 0 Å². The van der Waals surface area contributed by atoms with E-state index in [1.165, 1.54) is 76.7 Å². The van der Waals surface area contributed by atoms with Gasteiger partial charge in [0, 0.05) is 43.6 Å². The van der Waals surface area contributed by atoms with Crippen LogP contribution in [0.25, 0.3) is 110 Å². The molecule has 0 unspecified atom stereocenters. The zero-order valence-corrected chi connectivity index (χ0v) is 33.8. The fraction of sp³-hybridized carbons (Fsp3) is 0.0526. The monoisotopic (exact) mass is 778 g/mol. The van der Waals surface area contributed by atoms with Gasteiger partial charge in [0.05, 0.1) is 33.3 Å². The third-order valence-electron chi connectivity index (χ3n) is 13.3. The van der Waals surface area contributed by atoms with E-state index in [4.69, 9.17) is 9.97 Å². The minimum atomic E-state index is -0.118. The van der Waals surface area contributed by atoms with Crippen molar-refractivity contribution < 1.29 is 0 Å². The van der Waals surface area contributed by atoms with E-state index in [0.717, 1.165) is 38.9 Å². The summed E-state index contributed by atoms with van der Waals surface area (Å²) >= 11 is 0. The molecule has 9 aromatic carbocycles. The first-order valence-electron chi connectivity index (χ1n) is 21.1. The molecule has 0 fully saturated rings. The van der Waals surface area contributed by atoms with E-state index in [1.54, 1.807) is 0 Å². The molecule has 3 heterocycles. The average molecular weight is 779 g/mol. The Morgan fingerprint density at radius 3 is 1.85 bits per heavy atom. The van der Waals surface area contributed by atoms with Crippen LogP contribution >= 0.6 is 0 Å². The van der Waals surface area contributed by atoms with Gasteiger partial charge >= 0.3 is 0 Å². The molecule has 0 radical (unpaired) electrons. The van der Waals surface area contributed by atoms with Gasteiger partial charge in [-0.25, -0.2) is 9.97 Å². The van der Waals surface area contributed by atoms with Gasteiger partial charge < -0.3 is 4.57 Å². The molecule has 0 saturated heterocycles. The van der Waals surface area contributed by atoms with Crippen LogP contribution in [0.1, 0.15) is 25.0 Å². The van der Waals surface area contributed by atoms with Crippen LogP contribution in [0, 0.1) is 0 Å². The quantitative estimate of drug-likeness (QED) is 0.178. The topological polar surface area (TPSA) is 35.6 Å². The number of fused-ring (bicyclic) bond motifs is 12. The van der Waals surface area contributed by atoms with Crippen LogP contribution in [0.2, 0.25) is 0 Å². The summed E-state index contributed by atoms with van der Waals surface area (Å²) in [4.78, 5) is 10.8. The van der Waals surface area contributed by atoms with Gasteiger partial charge in [0.25, 0.3) is 0 Å². The van der Waals surface area contributed by atoms with Gasteiger partial charge in [-0.2, -0.15) is 0 Å². The first-order chi connectivity index (χ1) is 30.0. The Labute approximate surface area is 352 Å². The molecule has 0 atom stereocenters. The Morgan fingerprint density at radius 2 is 1.00 bits per heavy atom. The number of nitrogens with zero attached hydrogens (tertiary/aromatic N) is 4. The molecular weight excluding hydrogens is 741 g/mol. The van der Waals surface area contributed by atoms with Gasteiger partial charge in [-0.1, -0.05) is 147 Å². The molecule has 0 aliphatic heterocycles. The lowest BCUT2D eigenvalue weighted by Crippen LogP contribution is -2.15. The molecular formula is C57H38N4. The van der Waals surface area contributed by atoms with E-state index in [2.05, 4.69) is 217 Å². The largest absolute Gasteiger partial charge is 0.309 e. The van der Waals surface area contributed by atoms with Crippen molar-refractivity contribution in [2.75, 3.05) is 0 Å². The van der Waals surface area contributed by atoms with Crippen molar-refractivity contribution in [1.29, 1.82) is 0 Å². The molecule has 286 valence electrons. The normalized spacial score (nSPS) is 13.2. The Kier molecular flexibility index (Phi) is 7.04. The highest BCUT2D eigenvalue weighted by Gasteiger charge is 2.35. The summed E-state index contributed by atoms with van der Waals surface area (Å²) in [6.45, 7) is 4.67. The van der Waals surface area contributed by atoms with Gasteiger partial charge in [0.2, 0.25) is 5.95 Å². The van der Waals surface area contributed by atoms with Gasteiger partial charge in [0.1, 0.15) is 0 Å². The first-order valence-corrected chi connectivity index (χ1v) is 21.1. The summed E-state index contributed by atoms with van der Waals surface area (Å²) in [5.41, 5.74) is 16.3.